The summed E-state index contributed by atoms with van der Waals surface area (Å²) in [5.41, 5.74) is 1.40. The van der Waals surface area contributed by atoms with Gasteiger partial charge in [0.25, 0.3) is 5.91 Å². The average Bonchev–Trinajstić information content (AvgIpc) is 2.44. The first-order chi connectivity index (χ1) is 9.22. The highest BCUT2D eigenvalue weighted by Gasteiger charge is 2.12. The van der Waals surface area contributed by atoms with Crippen molar-refractivity contribution in [3.8, 4) is 0 Å². The summed E-state index contributed by atoms with van der Waals surface area (Å²) < 4.78 is 0. The Labute approximate surface area is 121 Å². The molecule has 1 aromatic heterocycles. The van der Waals surface area contributed by atoms with Gasteiger partial charge in [0.05, 0.1) is 11.1 Å². The summed E-state index contributed by atoms with van der Waals surface area (Å²) in [4.78, 5) is 16.6. The van der Waals surface area contributed by atoms with Crippen LogP contribution in [0.5, 0.6) is 0 Å². The maximum atomic E-state index is 12.3. The van der Waals surface area contributed by atoms with Crippen LogP contribution in [0.1, 0.15) is 30.1 Å². The lowest BCUT2D eigenvalue weighted by Gasteiger charge is -2.13. The van der Waals surface area contributed by atoms with Crippen molar-refractivity contribution < 1.29 is 4.79 Å². The molecule has 3 nitrogen and oxygen atoms in total. The van der Waals surface area contributed by atoms with Crippen LogP contribution < -0.4 is 5.32 Å². The molecule has 1 N–H and O–H groups in total. The minimum Gasteiger partial charge on any atom is -0.350 e. The van der Waals surface area contributed by atoms with Crippen LogP contribution in [0.15, 0.2) is 36.5 Å². The third-order valence-electron chi connectivity index (χ3n) is 3.03. The molecular formula is C15H17BrN2O. The molecule has 1 amide bonds. The number of pyridine rings is 1. The van der Waals surface area contributed by atoms with Gasteiger partial charge in [-0.05, 0) is 31.9 Å². The zero-order chi connectivity index (χ0) is 13.7. The number of hydrogen-bond acceptors (Lipinski definition) is 2. The fourth-order valence-corrected chi connectivity index (χ4v) is 2.37. The van der Waals surface area contributed by atoms with E-state index in [0.717, 1.165) is 29.1 Å². The summed E-state index contributed by atoms with van der Waals surface area (Å²) in [7, 11) is 0. The van der Waals surface area contributed by atoms with E-state index in [1.165, 1.54) is 0 Å². The summed E-state index contributed by atoms with van der Waals surface area (Å²) in [5.74, 6) is -0.0497. The molecule has 2 rings (SSSR count). The zero-order valence-electron chi connectivity index (χ0n) is 10.9. The summed E-state index contributed by atoms with van der Waals surface area (Å²) in [6.45, 7) is 2.03. The molecule has 0 aliphatic carbocycles. The first-order valence-corrected chi connectivity index (χ1v) is 7.55. The van der Waals surface area contributed by atoms with Gasteiger partial charge in [-0.1, -0.05) is 34.1 Å². The number of alkyl halides is 1. The van der Waals surface area contributed by atoms with E-state index in [4.69, 9.17) is 0 Å². The van der Waals surface area contributed by atoms with Crippen molar-refractivity contribution in [2.75, 3.05) is 5.33 Å². The van der Waals surface area contributed by atoms with Gasteiger partial charge in [0, 0.05) is 23.0 Å². The smallest absolute Gasteiger partial charge is 0.253 e. The number of nitrogens with zero attached hydrogens (tertiary/aromatic N) is 1. The van der Waals surface area contributed by atoms with Gasteiger partial charge >= 0.3 is 0 Å². The fraction of sp³-hybridized carbons (Fsp3) is 0.333. The van der Waals surface area contributed by atoms with E-state index in [0.29, 0.717) is 5.56 Å². The standard InChI is InChI=1S/C15H17BrN2O/c1-11(5-3-9-16)18-15(19)13-8-2-6-12-7-4-10-17-14(12)13/h2,4,6-8,10-11H,3,5,9H2,1H3,(H,18,19). The Morgan fingerprint density at radius 1 is 1.37 bits per heavy atom. The average molecular weight is 321 g/mol. The molecule has 0 spiro atoms. The van der Waals surface area contributed by atoms with Gasteiger partial charge in [0.15, 0.2) is 0 Å². The van der Waals surface area contributed by atoms with Crippen LogP contribution in [0.3, 0.4) is 0 Å². The number of carbonyl (C=O) groups excluding carboxylic acids is 1. The van der Waals surface area contributed by atoms with Gasteiger partial charge in [-0.2, -0.15) is 0 Å². The van der Waals surface area contributed by atoms with E-state index in [1.54, 1.807) is 6.20 Å². The van der Waals surface area contributed by atoms with Gasteiger partial charge in [-0.15, -0.1) is 0 Å². The molecule has 0 aliphatic heterocycles. The maximum absolute atomic E-state index is 12.3. The molecule has 0 saturated heterocycles. The highest BCUT2D eigenvalue weighted by molar-refractivity contribution is 9.09. The largest absolute Gasteiger partial charge is 0.350 e. The van der Waals surface area contributed by atoms with E-state index in [-0.39, 0.29) is 11.9 Å². The molecule has 0 fully saturated rings. The predicted octanol–water partition coefficient (Wildman–Crippen LogP) is 3.53. The van der Waals surface area contributed by atoms with Crippen molar-refractivity contribution in [1.82, 2.24) is 10.3 Å². The molecule has 19 heavy (non-hydrogen) atoms. The Kier molecular flexibility index (Phi) is 4.91. The molecule has 0 saturated carbocycles. The topological polar surface area (TPSA) is 42.0 Å². The normalized spacial score (nSPS) is 12.3. The van der Waals surface area contributed by atoms with Gasteiger partial charge in [-0.25, -0.2) is 0 Å². The van der Waals surface area contributed by atoms with Crippen molar-refractivity contribution in [2.24, 2.45) is 0 Å². The molecule has 1 aromatic carbocycles. The quantitative estimate of drug-likeness (QED) is 0.856. The molecule has 1 heterocycles. The minimum atomic E-state index is -0.0497. The molecule has 4 heteroatoms. The SMILES string of the molecule is CC(CCCBr)NC(=O)c1cccc2cccnc12. The lowest BCUT2D eigenvalue weighted by Crippen LogP contribution is -2.32. The number of halogens is 1. The molecule has 100 valence electrons. The number of nitrogens with one attached hydrogen (secondary N) is 1. The van der Waals surface area contributed by atoms with E-state index in [2.05, 4.69) is 26.2 Å². The number of rotatable bonds is 5. The second kappa shape index (κ2) is 6.66. The van der Waals surface area contributed by atoms with Crippen LogP contribution in [0, 0.1) is 0 Å². The van der Waals surface area contributed by atoms with Crippen molar-refractivity contribution >= 4 is 32.7 Å². The number of hydrogen-bond donors (Lipinski definition) is 1. The van der Waals surface area contributed by atoms with E-state index in [1.807, 2.05) is 37.3 Å². The van der Waals surface area contributed by atoms with E-state index in [9.17, 15) is 4.79 Å². The highest BCUT2D eigenvalue weighted by Crippen LogP contribution is 2.16. The van der Waals surface area contributed by atoms with Crippen molar-refractivity contribution in [1.29, 1.82) is 0 Å². The van der Waals surface area contributed by atoms with Gasteiger partial charge in [0.1, 0.15) is 0 Å². The second-order valence-electron chi connectivity index (χ2n) is 4.59. The number of amides is 1. The van der Waals surface area contributed by atoms with Crippen molar-refractivity contribution in [3.05, 3.63) is 42.1 Å². The molecule has 0 bridgehead atoms. The lowest BCUT2D eigenvalue weighted by atomic mass is 10.1. The molecular weight excluding hydrogens is 304 g/mol. The fourth-order valence-electron chi connectivity index (χ4n) is 2.04. The Morgan fingerprint density at radius 3 is 2.95 bits per heavy atom. The third kappa shape index (κ3) is 3.53. The van der Waals surface area contributed by atoms with Crippen LogP contribution in [0.4, 0.5) is 0 Å². The van der Waals surface area contributed by atoms with Gasteiger partial charge in [-0.3, -0.25) is 9.78 Å². The predicted molar refractivity (Wildman–Crippen MR) is 81.7 cm³/mol. The minimum absolute atomic E-state index is 0.0497. The summed E-state index contributed by atoms with van der Waals surface area (Å²) in [5, 5.41) is 4.97. The van der Waals surface area contributed by atoms with Crippen LogP contribution >= 0.6 is 15.9 Å². The Bertz CT molecular complexity index is 566. The lowest BCUT2D eigenvalue weighted by molar-refractivity contribution is 0.0940. The Hall–Kier alpha value is -1.42. The second-order valence-corrected chi connectivity index (χ2v) is 5.38. The van der Waals surface area contributed by atoms with E-state index < -0.39 is 0 Å². The summed E-state index contributed by atoms with van der Waals surface area (Å²) in [6.07, 6.45) is 3.73. The number of fused-ring (bicyclic) bond motifs is 1. The molecule has 0 aliphatic rings. The number of para-hydroxylation sites is 1. The number of benzene rings is 1. The Balaban J connectivity index is 2.17. The zero-order valence-corrected chi connectivity index (χ0v) is 12.5. The van der Waals surface area contributed by atoms with Gasteiger partial charge < -0.3 is 5.32 Å². The first kappa shape index (κ1) is 14.0. The molecule has 0 radical (unpaired) electrons. The van der Waals surface area contributed by atoms with Crippen molar-refractivity contribution in [3.63, 3.8) is 0 Å². The van der Waals surface area contributed by atoms with Crippen LogP contribution in [-0.4, -0.2) is 22.3 Å². The highest BCUT2D eigenvalue weighted by atomic mass is 79.9. The Morgan fingerprint density at radius 2 is 2.16 bits per heavy atom. The maximum Gasteiger partial charge on any atom is 0.253 e. The van der Waals surface area contributed by atoms with Crippen LogP contribution in [-0.2, 0) is 0 Å². The molecule has 1 unspecified atom stereocenters. The van der Waals surface area contributed by atoms with Gasteiger partial charge in [0.2, 0.25) is 0 Å². The van der Waals surface area contributed by atoms with Crippen molar-refractivity contribution in [2.45, 2.75) is 25.8 Å². The monoisotopic (exact) mass is 320 g/mol. The molecule has 1 atom stereocenters. The van der Waals surface area contributed by atoms with Crippen LogP contribution in [0.2, 0.25) is 0 Å². The van der Waals surface area contributed by atoms with Crippen LogP contribution in [0.25, 0.3) is 10.9 Å². The summed E-state index contributed by atoms with van der Waals surface area (Å²) in [6, 6.07) is 9.69. The molecule has 2 aromatic rings. The number of aromatic nitrogens is 1. The number of carbonyl (C=O) groups is 1. The third-order valence-corrected chi connectivity index (χ3v) is 3.59. The first-order valence-electron chi connectivity index (χ1n) is 6.43. The van der Waals surface area contributed by atoms with E-state index >= 15 is 0 Å². The summed E-state index contributed by atoms with van der Waals surface area (Å²) >= 11 is 3.40.